The SMILES string of the molecule is CNC(=O)c1ccc(-c2ccc(OC(C)C)c(C(N)O)c2)cc1Cl. The van der Waals surface area contributed by atoms with Gasteiger partial charge in [0.05, 0.1) is 16.7 Å². The first kappa shape index (κ1) is 18.3. The minimum atomic E-state index is -1.15. The molecule has 1 amide bonds. The van der Waals surface area contributed by atoms with Crippen LogP contribution in [0, 0.1) is 0 Å². The van der Waals surface area contributed by atoms with Gasteiger partial charge in [-0.2, -0.15) is 0 Å². The van der Waals surface area contributed by atoms with Crippen molar-refractivity contribution in [3.05, 3.63) is 52.5 Å². The van der Waals surface area contributed by atoms with E-state index in [4.69, 9.17) is 22.1 Å². The van der Waals surface area contributed by atoms with Crippen molar-refractivity contribution in [2.24, 2.45) is 5.73 Å². The van der Waals surface area contributed by atoms with E-state index in [1.807, 2.05) is 19.9 Å². The molecule has 0 aliphatic heterocycles. The molecule has 128 valence electrons. The molecule has 1 atom stereocenters. The number of halogens is 1. The van der Waals surface area contributed by atoms with Gasteiger partial charge in [0.25, 0.3) is 5.91 Å². The number of aliphatic hydroxyl groups is 1. The van der Waals surface area contributed by atoms with Crippen LogP contribution < -0.4 is 15.8 Å². The van der Waals surface area contributed by atoms with Gasteiger partial charge in [-0.15, -0.1) is 0 Å². The summed E-state index contributed by atoms with van der Waals surface area (Å²) in [6.07, 6.45) is -1.19. The molecule has 0 spiro atoms. The molecule has 2 aromatic rings. The molecule has 0 aliphatic rings. The average Bonchev–Trinajstić information content (AvgIpc) is 2.53. The maximum absolute atomic E-state index is 11.7. The Morgan fingerprint density at radius 3 is 2.38 bits per heavy atom. The van der Waals surface area contributed by atoms with Crippen LogP contribution in [0.25, 0.3) is 11.1 Å². The third-order valence-corrected chi connectivity index (χ3v) is 3.78. The summed E-state index contributed by atoms with van der Waals surface area (Å²) in [6.45, 7) is 3.80. The number of aliphatic hydroxyl groups excluding tert-OH is 1. The Morgan fingerprint density at radius 1 is 1.21 bits per heavy atom. The summed E-state index contributed by atoms with van der Waals surface area (Å²) in [4.78, 5) is 11.7. The highest BCUT2D eigenvalue weighted by atomic mass is 35.5. The number of benzene rings is 2. The van der Waals surface area contributed by atoms with Crippen LogP contribution in [0.3, 0.4) is 0 Å². The highest BCUT2D eigenvalue weighted by Gasteiger charge is 2.14. The molecule has 0 saturated heterocycles. The quantitative estimate of drug-likeness (QED) is 0.725. The van der Waals surface area contributed by atoms with E-state index in [0.717, 1.165) is 11.1 Å². The predicted molar refractivity (Wildman–Crippen MR) is 95.2 cm³/mol. The normalized spacial score (nSPS) is 12.1. The minimum Gasteiger partial charge on any atom is -0.491 e. The van der Waals surface area contributed by atoms with Crippen LogP contribution in [0.15, 0.2) is 36.4 Å². The van der Waals surface area contributed by atoms with E-state index in [0.29, 0.717) is 21.9 Å². The van der Waals surface area contributed by atoms with Gasteiger partial charge in [0.15, 0.2) is 0 Å². The molecule has 0 fully saturated rings. The van der Waals surface area contributed by atoms with Gasteiger partial charge in [-0.25, -0.2) is 0 Å². The molecule has 6 heteroatoms. The van der Waals surface area contributed by atoms with Crippen molar-refractivity contribution in [2.75, 3.05) is 7.05 Å². The molecule has 5 nitrogen and oxygen atoms in total. The number of nitrogens with one attached hydrogen (secondary N) is 1. The molecule has 2 aromatic carbocycles. The molecule has 0 heterocycles. The van der Waals surface area contributed by atoms with Gasteiger partial charge in [-0.1, -0.05) is 23.7 Å². The third kappa shape index (κ3) is 4.06. The van der Waals surface area contributed by atoms with Crippen molar-refractivity contribution in [2.45, 2.75) is 26.2 Å². The van der Waals surface area contributed by atoms with Gasteiger partial charge in [0.2, 0.25) is 0 Å². The zero-order chi connectivity index (χ0) is 17.9. The summed E-state index contributed by atoms with van der Waals surface area (Å²) < 4.78 is 5.67. The Kier molecular flexibility index (Phi) is 5.83. The lowest BCUT2D eigenvalue weighted by Gasteiger charge is -2.17. The summed E-state index contributed by atoms with van der Waals surface area (Å²) in [6, 6.07) is 10.5. The lowest BCUT2D eigenvalue weighted by Crippen LogP contribution is -2.18. The van der Waals surface area contributed by atoms with Gasteiger partial charge in [0.1, 0.15) is 12.0 Å². The van der Waals surface area contributed by atoms with Crippen molar-refractivity contribution >= 4 is 17.5 Å². The van der Waals surface area contributed by atoms with E-state index in [2.05, 4.69) is 5.32 Å². The van der Waals surface area contributed by atoms with Crippen LogP contribution in [-0.2, 0) is 0 Å². The molecule has 24 heavy (non-hydrogen) atoms. The highest BCUT2D eigenvalue weighted by Crippen LogP contribution is 2.32. The van der Waals surface area contributed by atoms with Crippen molar-refractivity contribution < 1.29 is 14.6 Å². The van der Waals surface area contributed by atoms with Crippen LogP contribution in [0.5, 0.6) is 5.75 Å². The maximum atomic E-state index is 11.7. The van der Waals surface area contributed by atoms with Crippen LogP contribution >= 0.6 is 11.6 Å². The van der Waals surface area contributed by atoms with Crippen LogP contribution in [0.1, 0.15) is 36.0 Å². The van der Waals surface area contributed by atoms with Crippen LogP contribution in [0.4, 0.5) is 0 Å². The zero-order valence-electron chi connectivity index (χ0n) is 13.8. The zero-order valence-corrected chi connectivity index (χ0v) is 14.6. The number of hydrogen-bond acceptors (Lipinski definition) is 4. The lowest BCUT2D eigenvalue weighted by atomic mass is 10.00. The van der Waals surface area contributed by atoms with E-state index in [9.17, 15) is 9.90 Å². The topological polar surface area (TPSA) is 84.6 Å². The monoisotopic (exact) mass is 348 g/mol. The summed E-state index contributed by atoms with van der Waals surface area (Å²) >= 11 is 6.20. The third-order valence-electron chi connectivity index (χ3n) is 3.47. The van der Waals surface area contributed by atoms with Crippen molar-refractivity contribution in [1.82, 2.24) is 5.32 Å². The van der Waals surface area contributed by atoms with E-state index in [-0.39, 0.29) is 12.0 Å². The number of amides is 1. The molecule has 0 bridgehead atoms. The lowest BCUT2D eigenvalue weighted by molar-refractivity contribution is 0.0963. The van der Waals surface area contributed by atoms with Gasteiger partial charge < -0.3 is 20.9 Å². The number of carbonyl (C=O) groups excluding carboxylic acids is 1. The Hall–Kier alpha value is -2.08. The van der Waals surface area contributed by atoms with E-state index in [1.54, 1.807) is 37.4 Å². The molecule has 0 aromatic heterocycles. The van der Waals surface area contributed by atoms with Gasteiger partial charge in [-0.3, -0.25) is 4.79 Å². The molecular weight excluding hydrogens is 328 g/mol. The summed E-state index contributed by atoms with van der Waals surface area (Å²) in [5.74, 6) is 0.294. The molecular formula is C18H21ClN2O3. The Morgan fingerprint density at radius 2 is 1.83 bits per heavy atom. The second-order valence-corrected chi connectivity index (χ2v) is 6.04. The van der Waals surface area contributed by atoms with E-state index < -0.39 is 6.23 Å². The first-order valence-corrected chi connectivity index (χ1v) is 7.97. The Balaban J connectivity index is 2.44. The number of hydrogen-bond donors (Lipinski definition) is 3. The first-order chi connectivity index (χ1) is 11.3. The Bertz CT molecular complexity index is 745. The predicted octanol–water partition coefficient (Wildman–Crippen LogP) is 3.10. The Labute approximate surface area is 146 Å². The smallest absolute Gasteiger partial charge is 0.252 e. The highest BCUT2D eigenvalue weighted by molar-refractivity contribution is 6.34. The van der Waals surface area contributed by atoms with Gasteiger partial charge in [0, 0.05) is 12.6 Å². The van der Waals surface area contributed by atoms with Crippen molar-refractivity contribution in [1.29, 1.82) is 0 Å². The fourth-order valence-corrected chi connectivity index (χ4v) is 2.60. The number of ether oxygens (including phenoxy) is 1. The van der Waals surface area contributed by atoms with Crippen molar-refractivity contribution in [3.63, 3.8) is 0 Å². The van der Waals surface area contributed by atoms with E-state index >= 15 is 0 Å². The minimum absolute atomic E-state index is 0.0327. The van der Waals surface area contributed by atoms with E-state index in [1.165, 1.54) is 0 Å². The molecule has 0 radical (unpaired) electrons. The van der Waals surface area contributed by atoms with Crippen LogP contribution in [-0.4, -0.2) is 24.2 Å². The second kappa shape index (κ2) is 7.66. The molecule has 2 rings (SSSR count). The molecule has 1 unspecified atom stereocenters. The molecule has 0 saturated carbocycles. The van der Waals surface area contributed by atoms with Crippen LogP contribution in [0.2, 0.25) is 5.02 Å². The molecule has 0 aliphatic carbocycles. The van der Waals surface area contributed by atoms with Gasteiger partial charge in [-0.05, 0) is 49.2 Å². The standard InChI is InChI=1S/C18H21ClN2O3/c1-10(2)24-16-7-5-11(8-14(16)17(20)22)12-4-6-13(15(19)9-12)18(23)21-3/h4-10,17,22H,20H2,1-3H3,(H,21,23). The fraction of sp³-hybridized carbons (Fsp3) is 0.278. The number of nitrogens with two attached hydrogens (primary N) is 1. The summed E-state index contributed by atoms with van der Waals surface area (Å²) in [5.41, 5.74) is 8.17. The van der Waals surface area contributed by atoms with Gasteiger partial charge >= 0.3 is 0 Å². The largest absolute Gasteiger partial charge is 0.491 e. The first-order valence-electron chi connectivity index (χ1n) is 7.59. The summed E-state index contributed by atoms with van der Waals surface area (Å²) in [7, 11) is 1.55. The average molecular weight is 349 g/mol. The maximum Gasteiger partial charge on any atom is 0.252 e. The fourth-order valence-electron chi connectivity index (χ4n) is 2.33. The number of rotatable bonds is 5. The molecule has 4 N–H and O–H groups in total. The summed E-state index contributed by atoms with van der Waals surface area (Å²) in [5, 5.41) is 12.7. The van der Waals surface area contributed by atoms with Crippen molar-refractivity contribution in [3.8, 4) is 16.9 Å². The second-order valence-electron chi connectivity index (χ2n) is 5.64. The number of carbonyl (C=O) groups is 1.